The van der Waals surface area contributed by atoms with Crippen LogP contribution in [-0.2, 0) is 0 Å². The van der Waals surface area contributed by atoms with Crippen LogP contribution < -0.4 is 0 Å². The molecular weight excluding hydrogens is 296 g/mol. The third-order valence-electron chi connectivity index (χ3n) is 4.39. The maximum absolute atomic E-state index is 12.9. The van der Waals surface area contributed by atoms with Crippen molar-refractivity contribution in [2.24, 2.45) is 5.92 Å². The van der Waals surface area contributed by atoms with E-state index in [1.807, 2.05) is 19.9 Å². The number of nitrogens with zero attached hydrogens (tertiary/aromatic N) is 3. The van der Waals surface area contributed by atoms with Gasteiger partial charge in [-0.2, -0.15) is 0 Å². The van der Waals surface area contributed by atoms with E-state index in [2.05, 4.69) is 9.97 Å². The molecule has 2 amide bonds. The molecule has 1 saturated heterocycles. The summed E-state index contributed by atoms with van der Waals surface area (Å²) in [5.74, 6) is 0.113. The number of carbonyl (C=O) groups excluding carboxylic acids is 1. The fourth-order valence-corrected chi connectivity index (χ4v) is 3.04. The van der Waals surface area contributed by atoms with Gasteiger partial charge in [-0.15, -0.1) is 0 Å². The molecule has 3 rings (SSSR count). The van der Waals surface area contributed by atoms with Gasteiger partial charge in [-0.1, -0.05) is 13.8 Å². The van der Waals surface area contributed by atoms with Crippen molar-refractivity contribution < 1.29 is 14.7 Å². The van der Waals surface area contributed by atoms with Gasteiger partial charge in [0, 0.05) is 25.2 Å². The summed E-state index contributed by atoms with van der Waals surface area (Å²) in [5.41, 5.74) is 2.23. The summed E-state index contributed by atoms with van der Waals surface area (Å²) in [7, 11) is 0. The highest BCUT2D eigenvalue weighted by molar-refractivity contribution is 5.97. The lowest BCUT2D eigenvalue weighted by molar-refractivity contribution is 0.0353. The molecule has 7 heteroatoms. The van der Waals surface area contributed by atoms with E-state index in [9.17, 15) is 14.7 Å². The van der Waals surface area contributed by atoms with Crippen LogP contribution in [0, 0.1) is 5.92 Å². The zero-order valence-corrected chi connectivity index (χ0v) is 13.2. The van der Waals surface area contributed by atoms with Gasteiger partial charge in [-0.25, -0.2) is 9.78 Å². The number of imidazole rings is 1. The number of H-pyrrole nitrogens is 1. The van der Waals surface area contributed by atoms with Crippen molar-refractivity contribution in [3.63, 3.8) is 0 Å². The average molecular weight is 316 g/mol. The van der Waals surface area contributed by atoms with E-state index in [1.165, 1.54) is 4.90 Å². The summed E-state index contributed by atoms with van der Waals surface area (Å²) < 4.78 is 0. The molecule has 1 aliphatic rings. The number of hydrogen-bond acceptors (Lipinski definition) is 3. The van der Waals surface area contributed by atoms with Gasteiger partial charge >= 0.3 is 6.09 Å². The second-order valence-electron chi connectivity index (χ2n) is 6.17. The third-order valence-corrected chi connectivity index (χ3v) is 4.39. The van der Waals surface area contributed by atoms with Crippen molar-refractivity contribution in [2.75, 3.05) is 19.6 Å². The summed E-state index contributed by atoms with van der Waals surface area (Å²) >= 11 is 0. The summed E-state index contributed by atoms with van der Waals surface area (Å²) in [6.45, 7) is 5.12. The molecule has 0 saturated carbocycles. The Kier molecular flexibility index (Phi) is 3.94. The van der Waals surface area contributed by atoms with Gasteiger partial charge in [0.15, 0.2) is 0 Å². The number of aromatic amines is 1. The molecule has 122 valence electrons. The van der Waals surface area contributed by atoms with E-state index >= 15 is 0 Å². The fraction of sp³-hybridized carbons (Fsp3) is 0.438. The quantitative estimate of drug-likeness (QED) is 0.887. The second kappa shape index (κ2) is 5.91. The first kappa shape index (κ1) is 15.3. The van der Waals surface area contributed by atoms with Gasteiger partial charge in [-0.05, 0) is 24.1 Å². The van der Waals surface area contributed by atoms with E-state index in [0.717, 1.165) is 11.0 Å². The van der Waals surface area contributed by atoms with E-state index in [-0.39, 0.29) is 17.9 Å². The lowest BCUT2D eigenvalue weighted by Gasteiger charge is -2.42. The Balaban J connectivity index is 1.86. The van der Waals surface area contributed by atoms with Crippen LogP contribution in [0.1, 0.15) is 24.2 Å². The van der Waals surface area contributed by atoms with E-state index in [0.29, 0.717) is 25.2 Å². The second-order valence-corrected chi connectivity index (χ2v) is 6.17. The van der Waals surface area contributed by atoms with Crippen LogP contribution in [0.5, 0.6) is 0 Å². The molecule has 1 aromatic heterocycles. The van der Waals surface area contributed by atoms with Crippen LogP contribution >= 0.6 is 0 Å². The van der Waals surface area contributed by atoms with Crippen LogP contribution in [-0.4, -0.2) is 62.6 Å². The molecule has 1 aromatic carbocycles. The maximum atomic E-state index is 12.9. The lowest BCUT2D eigenvalue weighted by Crippen LogP contribution is -2.58. The minimum atomic E-state index is -0.929. The smallest absolute Gasteiger partial charge is 0.407 e. The van der Waals surface area contributed by atoms with Gasteiger partial charge in [0.25, 0.3) is 5.91 Å². The first-order valence-electron chi connectivity index (χ1n) is 7.69. The molecule has 2 aromatic rings. The number of hydrogen-bond donors (Lipinski definition) is 2. The molecule has 1 aliphatic heterocycles. The van der Waals surface area contributed by atoms with E-state index in [1.54, 1.807) is 23.4 Å². The first-order chi connectivity index (χ1) is 11.0. The van der Waals surface area contributed by atoms with Crippen LogP contribution in [0.3, 0.4) is 0 Å². The number of nitrogens with one attached hydrogen (secondary N) is 1. The highest BCUT2D eigenvalue weighted by Gasteiger charge is 2.34. The number of carbonyl (C=O) groups is 2. The van der Waals surface area contributed by atoms with E-state index in [4.69, 9.17) is 0 Å². The van der Waals surface area contributed by atoms with Crippen molar-refractivity contribution in [1.82, 2.24) is 19.8 Å². The summed E-state index contributed by atoms with van der Waals surface area (Å²) in [4.78, 5) is 34.4. The molecule has 0 aliphatic carbocycles. The van der Waals surface area contributed by atoms with Crippen molar-refractivity contribution >= 4 is 23.0 Å². The minimum absolute atomic E-state index is 0.0646. The molecule has 0 spiro atoms. The average Bonchev–Trinajstić information content (AvgIpc) is 3.00. The Hall–Kier alpha value is -2.57. The Morgan fingerprint density at radius 3 is 2.83 bits per heavy atom. The maximum Gasteiger partial charge on any atom is 0.407 e. The van der Waals surface area contributed by atoms with Crippen LogP contribution in [0.2, 0.25) is 0 Å². The number of fused-ring (bicyclic) bond motifs is 1. The molecule has 2 heterocycles. The zero-order valence-electron chi connectivity index (χ0n) is 13.2. The summed E-state index contributed by atoms with van der Waals surface area (Å²) in [6.07, 6.45) is 0.670. The van der Waals surface area contributed by atoms with Gasteiger partial charge in [-0.3, -0.25) is 4.79 Å². The molecule has 1 atom stereocenters. The SMILES string of the molecule is CC(C)C1CN(C(=O)O)CCN1C(=O)c1ccc2nc[nH]c2c1. The highest BCUT2D eigenvalue weighted by Crippen LogP contribution is 2.21. The van der Waals surface area contributed by atoms with Crippen LogP contribution in [0.15, 0.2) is 24.5 Å². The molecule has 1 unspecified atom stereocenters. The molecule has 7 nitrogen and oxygen atoms in total. The topological polar surface area (TPSA) is 89.5 Å². The molecule has 0 bridgehead atoms. The van der Waals surface area contributed by atoms with Crippen molar-refractivity contribution in [2.45, 2.75) is 19.9 Å². The standard InChI is InChI=1S/C16H20N4O3/c1-10(2)14-8-19(16(22)23)5-6-20(14)15(21)11-3-4-12-13(7-11)18-9-17-12/h3-4,7,9-10,14H,5-6,8H2,1-2H3,(H,17,18)(H,22,23). The Morgan fingerprint density at radius 1 is 1.35 bits per heavy atom. The first-order valence-corrected chi connectivity index (χ1v) is 7.69. The van der Waals surface area contributed by atoms with Crippen LogP contribution in [0.25, 0.3) is 11.0 Å². The van der Waals surface area contributed by atoms with Crippen LogP contribution in [0.4, 0.5) is 4.79 Å². The third kappa shape index (κ3) is 2.86. The lowest BCUT2D eigenvalue weighted by atomic mass is 9.98. The summed E-state index contributed by atoms with van der Waals surface area (Å²) in [5, 5.41) is 9.19. The fourth-order valence-electron chi connectivity index (χ4n) is 3.04. The summed E-state index contributed by atoms with van der Waals surface area (Å²) in [6, 6.07) is 5.26. The predicted molar refractivity (Wildman–Crippen MR) is 85.4 cm³/mol. The highest BCUT2D eigenvalue weighted by atomic mass is 16.4. The monoisotopic (exact) mass is 316 g/mol. The molecular formula is C16H20N4O3. The number of rotatable bonds is 2. The van der Waals surface area contributed by atoms with Gasteiger partial charge in [0.2, 0.25) is 0 Å². The van der Waals surface area contributed by atoms with Gasteiger partial charge in [0.1, 0.15) is 0 Å². The zero-order chi connectivity index (χ0) is 16.6. The Labute approximate surface area is 133 Å². The molecule has 2 N–H and O–H groups in total. The Morgan fingerprint density at radius 2 is 2.13 bits per heavy atom. The van der Waals surface area contributed by atoms with Crippen molar-refractivity contribution in [3.8, 4) is 0 Å². The number of amides is 2. The largest absolute Gasteiger partial charge is 0.465 e. The number of piperazine rings is 1. The number of benzene rings is 1. The normalized spacial score (nSPS) is 18.7. The van der Waals surface area contributed by atoms with Crippen molar-refractivity contribution in [3.05, 3.63) is 30.1 Å². The molecule has 0 radical (unpaired) electrons. The van der Waals surface area contributed by atoms with Gasteiger partial charge in [0.05, 0.1) is 23.4 Å². The Bertz CT molecular complexity index is 740. The van der Waals surface area contributed by atoms with Crippen molar-refractivity contribution in [1.29, 1.82) is 0 Å². The molecule has 23 heavy (non-hydrogen) atoms. The minimum Gasteiger partial charge on any atom is -0.465 e. The number of aromatic nitrogens is 2. The molecule has 1 fully saturated rings. The predicted octanol–water partition coefficient (Wildman–Crippen LogP) is 2.02. The van der Waals surface area contributed by atoms with Gasteiger partial charge < -0.3 is 19.9 Å². The van der Waals surface area contributed by atoms with E-state index < -0.39 is 6.09 Å². The number of carboxylic acid groups (broad SMARTS) is 1.